The van der Waals surface area contributed by atoms with E-state index in [1.165, 1.54) is 18.2 Å². The van der Waals surface area contributed by atoms with Crippen molar-refractivity contribution in [2.45, 2.75) is 38.5 Å². The summed E-state index contributed by atoms with van der Waals surface area (Å²) in [6.45, 7) is 3.53. The highest BCUT2D eigenvalue weighted by atomic mass is 79.9. The summed E-state index contributed by atoms with van der Waals surface area (Å²) in [7, 11) is 0. The first-order valence-corrected chi connectivity index (χ1v) is 7.21. The zero-order valence-electron chi connectivity index (χ0n) is 11.6. The molecule has 1 aromatic carbocycles. The number of carboxylic acids is 1. The second kappa shape index (κ2) is 7.26. The first-order chi connectivity index (χ1) is 9.61. The number of halogens is 4. The number of nitrogens with one attached hydrogen (secondary N) is 1. The molecule has 0 aliphatic carbocycles. The Morgan fingerprint density at radius 3 is 2.43 bits per heavy atom. The van der Waals surface area contributed by atoms with E-state index in [-0.39, 0.29) is 17.9 Å². The van der Waals surface area contributed by atoms with E-state index in [0.29, 0.717) is 4.47 Å². The van der Waals surface area contributed by atoms with Gasteiger partial charge in [0.25, 0.3) is 0 Å². The largest absolute Gasteiger partial charge is 0.480 e. The summed E-state index contributed by atoms with van der Waals surface area (Å²) in [6, 6.07) is 2.48. The van der Waals surface area contributed by atoms with Crippen LogP contribution in [0.15, 0.2) is 28.7 Å². The molecule has 7 heteroatoms. The van der Waals surface area contributed by atoms with Crippen molar-refractivity contribution < 1.29 is 23.1 Å². The van der Waals surface area contributed by atoms with Crippen LogP contribution in [0.4, 0.5) is 13.2 Å². The van der Waals surface area contributed by atoms with Gasteiger partial charge in [0.2, 0.25) is 0 Å². The van der Waals surface area contributed by atoms with Gasteiger partial charge < -0.3 is 5.11 Å². The van der Waals surface area contributed by atoms with E-state index in [1.807, 2.05) is 0 Å². The van der Waals surface area contributed by atoms with Crippen molar-refractivity contribution in [3.8, 4) is 0 Å². The molecule has 0 saturated heterocycles. The first-order valence-electron chi connectivity index (χ1n) is 6.42. The van der Waals surface area contributed by atoms with Gasteiger partial charge in [-0.3, -0.25) is 10.1 Å². The Kier molecular flexibility index (Phi) is 6.22. The summed E-state index contributed by atoms with van der Waals surface area (Å²) < 4.78 is 40.2. The molecule has 0 radical (unpaired) electrons. The van der Waals surface area contributed by atoms with Crippen LogP contribution < -0.4 is 5.32 Å². The molecule has 2 N–H and O–H groups in total. The summed E-state index contributed by atoms with van der Waals surface area (Å²) in [5, 5.41) is 11.3. The highest BCUT2D eigenvalue weighted by Crippen LogP contribution is 2.34. The third kappa shape index (κ3) is 5.67. The lowest BCUT2D eigenvalue weighted by atomic mass is 10.0. The number of rotatable bonds is 6. The summed E-state index contributed by atoms with van der Waals surface area (Å²) in [5.74, 6) is -1.32. The second-order valence-corrected chi connectivity index (χ2v) is 6.13. The third-order valence-corrected chi connectivity index (χ3v) is 3.38. The van der Waals surface area contributed by atoms with E-state index in [0.717, 1.165) is 0 Å². The van der Waals surface area contributed by atoms with Crippen molar-refractivity contribution in [2.24, 2.45) is 5.92 Å². The number of carbonyl (C=O) groups is 1. The van der Waals surface area contributed by atoms with Crippen molar-refractivity contribution in [2.75, 3.05) is 0 Å². The molecule has 1 aromatic rings. The number of aliphatic carboxylic acids is 1. The minimum atomic E-state index is -4.58. The van der Waals surface area contributed by atoms with Crippen LogP contribution in [0.25, 0.3) is 0 Å². The molecule has 0 aliphatic heterocycles. The van der Waals surface area contributed by atoms with Crippen LogP contribution in [-0.2, 0) is 4.79 Å². The Morgan fingerprint density at radius 1 is 1.38 bits per heavy atom. The molecule has 2 unspecified atom stereocenters. The molecule has 0 saturated carbocycles. The SMILES string of the molecule is CC(C)CC(NC(c1cccc(Br)c1)C(F)(F)F)C(=O)O. The Balaban J connectivity index is 3.06. The van der Waals surface area contributed by atoms with Gasteiger partial charge in [0.05, 0.1) is 0 Å². The van der Waals surface area contributed by atoms with Gasteiger partial charge in [-0.2, -0.15) is 13.2 Å². The Bertz CT molecular complexity index is 491. The van der Waals surface area contributed by atoms with Crippen LogP contribution in [-0.4, -0.2) is 23.3 Å². The molecule has 0 bridgehead atoms. The van der Waals surface area contributed by atoms with E-state index >= 15 is 0 Å². The zero-order chi connectivity index (χ0) is 16.2. The molecule has 0 aromatic heterocycles. The highest BCUT2D eigenvalue weighted by molar-refractivity contribution is 9.10. The lowest BCUT2D eigenvalue weighted by molar-refractivity contribution is -0.163. The van der Waals surface area contributed by atoms with Crippen molar-refractivity contribution >= 4 is 21.9 Å². The maximum atomic E-state index is 13.2. The normalized spacial score (nSPS) is 15.0. The summed E-state index contributed by atoms with van der Waals surface area (Å²) in [5.41, 5.74) is -0.0214. The molecule has 0 fully saturated rings. The van der Waals surface area contributed by atoms with Crippen LogP contribution in [0.1, 0.15) is 31.9 Å². The highest BCUT2D eigenvalue weighted by Gasteiger charge is 2.42. The number of hydrogen-bond donors (Lipinski definition) is 2. The topological polar surface area (TPSA) is 49.3 Å². The maximum absolute atomic E-state index is 13.2. The van der Waals surface area contributed by atoms with E-state index < -0.39 is 24.2 Å². The van der Waals surface area contributed by atoms with Gasteiger partial charge in [0.1, 0.15) is 12.1 Å². The zero-order valence-corrected chi connectivity index (χ0v) is 13.2. The van der Waals surface area contributed by atoms with E-state index in [4.69, 9.17) is 5.11 Å². The number of hydrogen-bond acceptors (Lipinski definition) is 2. The Morgan fingerprint density at radius 2 is 2.00 bits per heavy atom. The Labute approximate surface area is 129 Å². The average molecular weight is 368 g/mol. The van der Waals surface area contributed by atoms with Crippen molar-refractivity contribution in [3.05, 3.63) is 34.3 Å². The number of alkyl halides is 3. The average Bonchev–Trinajstić information content (AvgIpc) is 2.31. The predicted octanol–water partition coefficient (Wildman–Crippen LogP) is 4.14. The molecular weight excluding hydrogens is 351 g/mol. The molecular formula is C14H17BrF3NO2. The fraction of sp³-hybridized carbons (Fsp3) is 0.500. The van der Waals surface area contributed by atoms with Crippen molar-refractivity contribution in [3.63, 3.8) is 0 Å². The maximum Gasteiger partial charge on any atom is 0.407 e. The fourth-order valence-corrected chi connectivity index (χ4v) is 2.40. The van der Waals surface area contributed by atoms with Crippen LogP contribution in [0.3, 0.4) is 0 Å². The smallest absolute Gasteiger partial charge is 0.407 e. The molecule has 1 rings (SSSR count). The first kappa shape index (κ1) is 18.0. The van der Waals surface area contributed by atoms with Gasteiger partial charge in [-0.25, -0.2) is 0 Å². The van der Waals surface area contributed by atoms with Gasteiger partial charge in [0, 0.05) is 4.47 Å². The van der Waals surface area contributed by atoms with Gasteiger partial charge in [-0.05, 0) is 30.0 Å². The fourth-order valence-electron chi connectivity index (χ4n) is 1.98. The summed E-state index contributed by atoms with van der Waals surface area (Å²) in [4.78, 5) is 11.2. The van der Waals surface area contributed by atoms with Crippen molar-refractivity contribution in [1.82, 2.24) is 5.32 Å². The third-order valence-electron chi connectivity index (χ3n) is 2.88. The van der Waals surface area contributed by atoms with E-state index in [9.17, 15) is 18.0 Å². The number of benzene rings is 1. The van der Waals surface area contributed by atoms with Gasteiger partial charge in [-0.15, -0.1) is 0 Å². The monoisotopic (exact) mass is 367 g/mol. The molecule has 0 amide bonds. The Hall–Kier alpha value is -1.08. The molecule has 0 aliphatic rings. The van der Waals surface area contributed by atoms with E-state index in [2.05, 4.69) is 21.2 Å². The quantitative estimate of drug-likeness (QED) is 0.794. The molecule has 118 valence electrons. The van der Waals surface area contributed by atoms with Gasteiger partial charge >= 0.3 is 12.1 Å². The lowest BCUT2D eigenvalue weighted by Gasteiger charge is -2.26. The van der Waals surface area contributed by atoms with Crippen LogP contribution in [0.2, 0.25) is 0 Å². The summed E-state index contributed by atoms with van der Waals surface area (Å²) in [6.07, 6.45) is -4.46. The minimum absolute atomic E-state index is 0.0214. The molecule has 2 atom stereocenters. The van der Waals surface area contributed by atoms with Gasteiger partial charge in [0.15, 0.2) is 0 Å². The van der Waals surface area contributed by atoms with Crippen LogP contribution >= 0.6 is 15.9 Å². The number of carboxylic acid groups (broad SMARTS) is 1. The van der Waals surface area contributed by atoms with Crippen molar-refractivity contribution in [1.29, 1.82) is 0 Å². The van der Waals surface area contributed by atoms with Gasteiger partial charge in [-0.1, -0.05) is 41.9 Å². The second-order valence-electron chi connectivity index (χ2n) is 5.22. The molecule has 0 spiro atoms. The lowest BCUT2D eigenvalue weighted by Crippen LogP contribution is -2.45. The molecule has 3 nitrogen and oxygen atoms in total. The summed E-state index contributed by atoms with van der Waals surface area (Å²) >= 11 is 3.12. The standard InChI is InChI=1S/C14H17BrF3NO2/c1-8(2)6-11(13(20)21)19-12(14(16,17)18)9-4-3-5-10(15)7-9/h3-5,7-8,11-12,19H,6H2,1-2H3,(H,20,21). The molecule has 0 heterocycles. The van der Waals surface area contributed by atoms with E-state index in [1.54, 1.807) is 19.9 Å². The predicted molar refractivity (Wildman–Crippen MR) is 77.0 cm³/mol. The minimum Gasteiger partial charge on any atom is -0.480 e. The van der Waals surface area contributed by atoms with Crippen LogP contribution in [0, 0.1) is 5.92 Å². The molecule has 21 heavy (non-hydrogen) atoms. The van der Waals surface area contributed by atoms with Crippen LogP contribution in [0.5, 0.6) is 0 Å².